The summed E-state index contributed by atoms with van der Waals surface area (Å²) in [6.45, 7) is -0.428. The van der Waals surface area contributed by atoms with E-state index in [0.29, 0.717) is 16.7 Å². The summed E-state index contributed by atoms with van der Waals surface area (Å²) >= 11 is 24.1. The van der Waals surface area contributed by atoms with Crippen LogP contribution in [0.15, 0.2) is 113 Å². The van der Waals surface area contributed by atoms with Gasteiger partial charge in [0.1, 0.15) is 9.79 Å². The highest BCUT2D eigenvalue weighted by Gasteiger charge is 2.30. The van der Waals surface area contributed by atoms with Gasteiger partial charge in [0.2, 0.25) is 20.0 Å². The summed E-state index contributed by atoms with van der Waals surface area (Å²) in [5.41, 5.74) is 3.64. The topological polar surface area (TPSA) is 124 Å². The Labute approximate surface area is 292 Å². The average Bonchev–Trinajstić information content (AvgIpc) is 3.04. The first-order valence-electron chi connectivity index (χ1n) is 13.8. The number of rotatable bonds is 11. The molecule has 3 N–H and O–H groups in total. The van der Waals surface area contributed by atoms with Gasteiger partial charge in [-0.25, -0.2) is 21.6 Å². The second kappa shape index (κ2) is 14.4. The van der Waals surface area contributed by atoms with Gasteiger partial charge in [-0.1, -0.05) is 125 Å². The van der Waals surface area contributed by atoms with Crippen LogP contribution in [-0.2, 0) is 39.7 Å². The molecule has 244 valence electrons. The van der Waals surface area contributed by atoms with Gasteiger partial charge in [0.15, 0.2) is 11.5 Å². The van der Waals surface area contributed by atoms with E-state index >= 15 is 0 Å². The lowest BCUT2D eigenvalue weighted by molar-refractivity contribution is 0.394. The second-order valence-electron chi connectivity index (χ2n) is 10.4. The van der Waals surface area contributed by atoms with Crippen LogP contribution in [0.5, 0.6) is 11.5 Å². The molecule has 0 unspecified atom stereocenters. The van der Waals surface area contributed by atoms with Crippen molar-refractivity contribution in [2.75, 3.05) is 0 Å². The number of nitrogens with one attached hydrogen (secondary N) is 1. The standard InChI is InChI=1S/C33H26Cl4N2O6S2/c34-26-14-28(36)32(40)30(16-26)46(42,43)38-18-22-5-4-6-23(13-22)20-39(47(44,45)31-17-27(35)15-29(37)33(31)41)19-21-9-11-25(12-10-21)24-7-2-1-3-8-24/h1-17,38,40-41H,18-20H2. The number of sulfonamides is 2. The van der Waals surface area contributed by atoms with Crippen LogP contribution in [0, 0.1) is 0 Å². The van der Waals surface area contributed by atoms with Crippen molar-refractivity contribution in [1.82, 2.24) is 9.03 Å². The quantitative estimate of drug-likeness (QED) is 0.125. The molecule has 0 aliphatic carbocycles. The molecule has 8 nitrogen and oxygen atoms in total. The summed E-state index contributed by atoms with van der Waals surface area (Å²) < 4.78 is 57.6. The molecule has 0 amide bonds. The molecule has 0 atom stereocenters. The van der Waals surface area contributed by atoms with Crippen molar-refractivity contribution in [3.05, 3.63) is 140 Å². The van der Waals surface area contributed by atoms with Crippen molar-refractivity contribution in [2.24, 2.45) is 0 Å². The first-order valence-corrected chi connectivity index (χ1v) is 18.3. The highest BCUT2D eigenvalue weighted by molar-refractivity contribution is 7.89. The van der Waals surface area contributed by atoms with E-state index in [2.05, 4.69) is 4.72 Å². The summed E-state index contributed by atoms with van der Waals surface area (Å²) in [4.78, 5) is -0.943. The first-order chi connectivity index (χ1) is 22.2. The van der Waals surface area contributed by atoms with E-state index in [4.69, 9.17) is 46.4 Å². The minimum Gasteiger partial charge on any atom is -0.505 e. The number of hydrogen-bond donors (Lipinski definition) is 3. The Balaban J connectivity index is 1.44. The molecule has 0 saturated carbocycles. The van der Waals surface area contributed by atoms with Gasteiger partial charge in [-0.3, -0.25) is 0 Å². The lowest BCUT2D eigenvalue weighted by Gasteiger charge is -2.24. The normalized spacial score (nSPS) is 12.0. The van der Waals surface area contributed by atoms with Crippen LogP contribution in [0.25, 0.3) is 11.1 Å². The Morgan fingerprint density at radius 2 is 1.11 bits per heavy atom. The van der Waals surface area contributed by atoms with Crippen LogP contribution in [0.2, 0.25) is 20.1 Å². The smallest absolute Gasteiger partial charge is 0.247 e. The molecular formula is C33H26Cl4N2O6S2. The highest BCUT2D eigenvalue weighted by atomic mass is 35.5. The third kappa shape index (κ3) is 8.22. The van der Waals surface area contributed by atoms with E-state index in [9.17, 15) is 27.0 Å². The molecule has 0 saturated heterocycles. The lowest BCUT2D eigenvalue weighted by atomic mass is 10.0. The van der Waals surface area contributed by atoms with Crippen LogP contribution in [0.1, 0.15) is 16.7 Å². The fraction of sp³-hybridized carbons (Fsp3) is 0.0909. The van der Waals surface area contributed by atoms with Gasteiger partial charge < -0.3 is 10.2 Å². The van der Waals surface area contributed by atoms with Crippen molar-refractivity contribution in [3.63, 3.8) is 0 Å². The van der Waals surface area contributed by atoms with Gasteiger partial charge in [-0.05, 0) is 52.1 Å². The summed E-state index contributed by atoms with van der Waals surface area (Å²) in [5, 5.41) is 20.5. The molecule has 5 aromatic rings. The third-order valence-corrected chi connectivity index (χ3v) is 11.4. The molecule has 0 bridgehead atoms. The number of phenols is 2. The summed E-state index contributed by atoms with van der Waals surface area (Å²) in [5.74, 6) is -1.27. The van der Waals surface area contributed by atoms with Crippen LogP contribution in [0.4, 0.5) is 0 Å². The number of hydrogen-bond acceptors (Lipinski definition) is 6. The molecule has 0 spiro atoms. The van der Waals surface area contributed by atoms with Crippen molar-refractivity contribution in [2.45, 2.75) is 29.4 Å². The lowest BCUT2D eigenvalue weighted by Crippen LogP contribution is -2.30. The predicted molar refractivity (Wildman–Crippen MR) is 185 cm³/mol. The molecule has 0 radical (unpaired) electrons. The molecule has 0 aromatic heterocycles. The molecule has 0 heterocycles. The predicted octanol–water partition coefficient (Wildman–Crippen LogP) is 8.25. The van der Waals surface area contributed by atoms with Gasteiger partial charge in [-0.2, -0.15) is 4.31 Å². The fourth-order valence-corrected chi connectivity index (χ4v) is 8.72. The number of aromatic hydroxyl groups is 2. The van der Waals surface area contributed by atoms with Crippen LogP contribution in [-0.4, -0.2) is 31.4 Å². The number of nitrogens with zero attached hydrogens (tertiary/aromatic N) is 1. The maximum Gasteiger partial charge on any atom is 0.247 e. The Bertz CT molecular complexity index is 2150. The van der Waals surface area contributed by atoms with Gasteiger partial charge in [0, 0.05) is 29.7 Å². The van der Waals surface area contributed by atoms with Crippen LogP contribution < -0.4 is 4.72 Å². The van der Waals surface area contributed by atoms with E-state index in [1.165, 1.54) is 16.4 Å². The summed E-state index contributed by atoms with van der Waals surface area (Å²) in [7, 11) is -8.62. The minimum absolute atomic E-state index is 0.0261. The third-order valence-electron chi connectivity index (χ3n) is 7.13. The van der Waals surface area contributed by atoms with Crippen molar-refractivity contribution in [3.8, 4) is 22.6 Å². The maximum absolute atomic E-state index is 14.1. The van der Waals surface area contributed by atoms with Gasteiger partial charge in [0.25, 0.3) is 0 Å². The van der Waals surface area contributed by atoms with Crippen LogP contribution in [0.3, 0.4) is 0 Å². The molecule has 0 aliphatic heterocycles. The number of phenolic OH excluding ortho intramolecular Hbond substituents is 2. The Kier molecular flexibility index (Phi) is 10.7. The average molecular weight is 753 g/mol. The van der Waals surface area contributed by atoms with Crippen molar-refractivity contribution < 1.29 is 27.0 Å². The van der Waals surface area contributed by atoms with E-state index in [1.807, 2.05) is 54.6 Å². The molecule has 0 aliphatic rings. The SMILES string of the molecule is O=S(=O)(NCc1cccc(CN(Cc2ccc(-c3ccccc3)cc2)S(=O)(=O)c2cc(Cl)cc(Cl)c2O)c1)c1cc(Cl)cc(Cl)c1O. The zero-order valence-electron chi connectivity index (χ0n) is 24.2. The number of halogens is 4. The summed E-state index contributed by atoms with van der Waals surface area (Å²) in [6, 6.07) is 28.4. The second-order valence-corrected chi connectivity index (χ2v) is 15.8. The van der Waals surface area contributed by atoms with Gasteiger partial charge >= 0.3 is 0 Å². The maximum atomic E-state index is 14.1. The molecule has 5 rings (SSSR count). The molecule has 14 heteroatoms. The summed E-state index contributed by atoms with van der Waals surface area (Å²) in [6.07, 6.45) is 0. The van der Waals surface area contributed by atoms with E-state index in [1.54, 1.807) is 24.3 Å². The highest BCUT2D eigenvalue weighted by Crippen LogP contribution is 2.37. The van der Waals surface area contributed by atoms with Crippen molar-refractivity contribution in [1.29, 1.82) is 0 Å². The Morgan fingerprint density at radius 1 is 0.574 bits per heavy atom. The molecule has 0 fully saturated rings. The molecule has 5 aromatic carbocycles. The first kappa shape index (κ1) is 35.0. The van der Waals surface area contributed by atoms with Gasteiger partial charge in [0.05, 0.1) is 10.0 Å². The monoisotopic (exact) mass is 750 g/mol. The Morgan fingerprint density at radius 3 is 1.74 bits per heavy atom. The molecule has 47 heavy (non-hydrogen) atoms. The number of benzene rings is 5. The largest absolute Gasteiger partial charge is 0.505 e. The molecular weight excluding hydrogens is 726 g/mol. The van der Waals surface area contributed by atoms with E-state index in [-0.39, 0.29) is 39.7 Å². The van der Waals surface area contributed by atoms with Crippen molar-refractivity contribution >= 4 is 66.5 Å². The van der Waals surface area contributed by atoms with Crippen LogP contribution >= 0.6 is 46.4 Å². The van der Waals surface area contributed by atoms with E-state index in [0.717, 1.165) is 23.3 Å². The Hall–Kier alpha value is -3.32. The van der Waals surface area contributed by atoms with Gasteiger partial charge in [-0.15, -0.1) is 0 Å². The zero-order valence-corrected chi connectivity index (χ0v) is 28.9. The van der Waals surface area contributed by atoms with E-state index < -0.39 is 41.3 Å². The minimum atomic E-state index is -4.38. The fourth-order valence-electron chi connectivity index (χ4n) is 4.79. The zero-order chi connectivity index (χ0) is 33.9.